The Hall–Kier alpha value is -2.84. The standard InChI is InChI=1S/C27H35F2N3O3/c1-16(2)9-19-5-6-26-23(12-19)24(7-8-32(26)18(4)34)30-15-27(35)25(31-17(3)33)13-20-10-21(28)14-22(29)11-20/h5-6,10-12,14,16,24-25,27,30,35H,7-9,13,15H2,1-4H3,(H,31,33)/t24-,25-,27+/m0/s1. The van der Waals surface area contributed by atoms with Crippen molar-refractivity contribution in [3.63, 3.8) is 0 Å². The summed E-state index contributed by atoms with van der Waals surface area (Å²) in [5.74, 6) is -1.29. The molecule has 3 atom stereocenters. The van der Waals surface area contributed by atoms with Gasteiger partial charge in [-0.1, -0.05) is 26.0 Å². The third-order valence-electron chi connectivity index (χ3n) is 6.23. The van der Waals surface area contributed by atoms with Gasteiger partial charge in [0, 0.05) is 44.7 Å². The average molecular weight is 488 g/mol. The minimum atomic E-state index is -1.00. The third-order valence-corrected chi connectivity index (χ3v) is 6.23. The van der Waals surface area contributed by atoms with Crippen LogP contribution >= 0.6 is 0 Å². The van der Waals surface area contributed by atoms with Gasteiger partial charge in [0.15, 0.2) is 0 Å². The Bertz CT molecular complexity index is 1040. The minimum absolute atomic E-state index is 0.0191. The zero-order valence-electron chi connectivity index (χ0n) is 20.8. The van der Waals surface area contributed by atoms with Crippen LogP contribution in [0.25, 0.3) is 0 Å². The van der Waals surface area contributed by atoms with E-state index in [1.807, 2.05) is 6.07 Å². The van der Waals surface area contributed by atoms with Gasteiger partial charge < -0.3 is 20.6 Å². The van der Waals surface area contributed by atoms with E-state index in [0.717, 1.165) is 23.7 Å². The smallest absolute Gasteiger partial charge is 0.223 e. The number of hydrogen-bond donors (Lipinski definition) is 3. The Morgan fingerprint density at radius 2 is 1.74 bits per heavy atom. The number of amides is 2. The van der Waals surface area contributed by atoms with Crippen LogP contribution in [0.2, 0.25) is 0 Å². The van der Waals surface area contributed by atoms with Crippen LogP contribution < -0.4 is 15.5 Å². The number of nitrogens with zero attached hydrogens (tertiary/aromatic N) is 1. The maximum Gasteiger partial charge on any atom is 0.223 e. The first-order valence-corrected chi connectivity index (χ1v) is 12.1. The minimum Gasteiger partial charge on any atom is -0.390 e. The van der Waals surface area contributed by atoms with Gasteiger partial charge in [0.25, 0.3) is 0 Å². The summed E-state index contributed by atoms with van der Waals surface area (Å²) >= 11 is 0. The zero-order chi connectivity index (χ0) is 25.7. The fraction of sp³-hybridized carbons (Fsp3) is 0.481. The molecule has 35 heavy (non-hydrogen) atoms. The van der Waals surface area contributed by atoms with Crippen molar-refractivity contribution in [2.75, 3.05) is 18.0 Å². The van der Waals surface area contributed by atoms with Crippen molar-refractivity contribution in [1.29, 1.82) is 0 Å². The van der Waals surface area contributed by atoms with E-state index in [4.69, 9.17) is 0 Å². The molecule has 1 aliphatic rings. The number of halogens is 2. The molecule has 1 heterocycles. The third kappa shape index (κ3) is 7.32. The number of aliphatic hydroxyl groups is 1. The highest BCUT2D eigenvalue weighted by Gasteiger charge is 2.29. The molecule has 0 unspecified atom stereocenters. The number of rotatable bonds is 9. The predicted molar refractivity (Wildman–Crippen MR) is 132 cm³/mol. The first kappa shape index (κ1) is 26.8. The van der Waals surface area contributed by atoms with Crippen molar-refractivity contribution in [1.82, 2.24) is 10.6 Å². The second-order valence-corrected chi connectivity index (χ2v) is 9.77. The maximum absolute atomic E-state index is 13.6. The van der Waals surface area contributed by atoms with Crippen LogP contribution in [0.3, 0.4) is 0 Å². The second kappa shape index (κ2) is 11.7. The van der Waals surface area contributed by atoms with Crippen LogP contribution in [0.4, 0.5) is 14.5 Å². The van der Waals surface area contributed by atoms with Gasteiger partial charge in [-0.2, -0.15) is 0 Å². The van der Waals surface area contributed by atoms with E-state index in [2.05, 4.69) is 36.6 Å². The maximum atomic E-state index is 13.6. The quantitative estimate of drug-likeness (QED) is 0.504. The molecule has 0 aliphatic carbocycles. The Kier molecular flexibility index (Phi) is 8.97. The van der Waals surface area contributed by atoms with Gasteiger partial charge in [0.05, 0.1) is 12.1 Å². The van der Waals surface area contributed by atoms with Gasteiger partial charge in [-0.05, 0) is 60.1 Å². The van der Waals surface area contributed by atoms with E-state index in [9.17, 15) is 23.5 Å². The van der Waals surface area contributed by atoms with Crippen LogP contribution in [0.5, 0.6) is 0 Å². The summed E-state index contributed by atoms with van der Waals surface area (Å²) in [6, 6.07) is 8.51. The molecule has 0 saturated heterocycles. The summed E-state index contributed by atoms with van der Waals surface area (Å²) < 4.78 is 27.3. The topological polar surface area (TPSA) is 81.7 Å². The van der Waals surface area contributed by atoms with Gasteiger partial charge in [0.2, 0.25) is 11.8 Å². The summed E-state index contributed by atoms with van der Waals surface area (Å²) in [7, 11) is 0. The molecule has 2 amide bonds. The van der Waals surface area contributed by atoms with E-state index in [1.165, 1.54) is 24.6 Å². The summed E-state index contributed by atoms with van der Waals surface area (Å²) in [5.41, 5.74) is 3.39. The van der Waals surface area contributed by atoms with Crippen LogP contribution in [-0.4, -0.2) is 42.2 Å². The largest absolute Gasteiger partial charge is 0.390 e. The summed E-state index contributed by atoms with van der Waals surface area (Å²) in [4.78, 5) is 25.7. The Morgan fingerprint density at radius 3 is 2.34 bits per heavy atom. The first-order valence-electron chi connectivity index (χ1n) is 12.1. The van der Waals surface area contributed by atoms with Crippen LogP contribution in [0.15, 0.2) is 36.4 Å². The highest BCUT2D eigenvalue weighted by Crippen LogP contribution is 2.35. The number of hydrogen-bond acceptors (Lipinski definition) is 4. The van der Waals surface area contributed by atoms with Crippen molar-refractivity contribution >= 4 is 17.5 Å². The Morgan fingerprint density at radius 1 is 1.06 bits per heavy atom. The second-order valence-electron chi connectivity index (χ2n) is 9.77. The highest BCUT2D eigenvalue weighted by atomic mass is 19.1. The van der Waals surface area contributed by atoms with Crippen LogP contribution in [-0.2, 0) is 22.4 Å². The highest BCUT2D eigenvalue weighted by molar-refractivity contribution is 5.93. The SMILES string of the molecule is CC(=O)N[C@@H](Cc1cc(F)cc(F)c1)[C@H](O)CN[C@H]1CCN(C(C)=O)c2ccc(CC(C)C)cc21. The molecule has 0 fully saturated rings. The van der Waals surface area contributed by atoms with Crippen molar-refractivity contribution in [2.45, 2.75) is 65.1 Å². The number of anilines is 1. The molecular formula is C27H35F2N3O3. The predicted octanol–water partition coefficient (Wildman–Crippen LogP) is 3.66. The van der Waals surface area contributed by atoms with E-state index >= 15 is 0 Å². The lowest BCUT2D eigenvalue weighted by molar-refractivity contribution is -0.120. The fourth-order valence-electron chi connectivity index (χ4n) is 4.73. The van der Waals surface area contributed by atoms with E-state index in [-0.39, 0.29) is 30.8 Å². The van der Waals surface area contributed by atoms with Gasteiger partial charge in [-0.15, -0.1) is 0 Å². The lowest BCUT2D eigenvalue weighted by Gasteiger charge is -2.35. The fourth-order valence-corrected chi connectivity index (χ4v) is 4.73. The molecule has 2 aromatic rings. The molecule has 8 heteroatoms. The van der Waals surface area contributed by atoms with Crippen molar-refractivity contribution in [3.8, 4) is 0 Å². The monoisotopic (exact) mass is 487 g/mol. The van der Waals surface area contributed by atoms with E-state index < -0.39 is 23.8 Å². The number of benzene rings is 2. The van der Waals surface area contributed by atoms with E-state index in [0.29, 0.717) is 24.4 Å². The van der Waals surface area contributed by atoms with Crippen molar-refractivity contribution in [2.24, 2.45) is 5.92 Å². The first-order chi connectivity index (χ1) is 16.5. The molecule has 0 aromatic heterocycles. The number of aliphatic hydroxyl groups excluding tert-OH is 1. The molecule has 0 saturated carbocycles. The van der Waals surface area contributed by atoms with Gasteiger partial charge in [-0.3, -0.25) is 9.59 Å². The average Bonchev–Trinajstić information content (AvgIpc) is 2.75. The van der Waals surface area contributed by atoms with Crippen LogP contribution in [0.1, 0.15) is 56.8 Å². The lowest BCUT2D eigenvalue weighted by Crippen LogP contribution is -2.49. The van der Waals surface area contributed by atoms with E-state index in [1.54, 1.807) is 11.8 Å². The summed E-state index contributed by atoms with van der Waals surface area (Å²) in [6.45, 7) is 7.90. The van der Waals surface area contributed by atoms with Gasteiger partial charge >= 0.3 is 0 Å². The van der Waals surface area contributed by atoms with Crippen LogP contribution in [0, 0.1) is 17.6 Å². The molecule has 2 aromatic carbocycles. The molecule has 0 radical (unpaired) electrons. The number of nitrogens with one attached hydrogen (secondary N) is 2. The molecule has 3 rings (SSSR count). The van der Waals surface area contributed by atoms with Crippen molar-refractivity contribution < 1.29 is 23.5 Å². The van der Waals surface area contributed by atoms with Gasteiger partial charge in [0.1, 0.15) is 11.6 Å². The molecule has 6 nitrogen and oxygen atoms in total. The summed E-state index contributed by atoms with van der Waals surface area (Å²) in [5, 5.41) is 17.0. The zero-order valence-corrected chi connectivity index (χ0v) is 20.8. The van der Waals surface area contributed by atoms with Crippen molar-refractivity contribution in [3.05, 3.63) is 64.7 Å². The Balaban J connectivity index is 1.77. The Labute approximate surface area is 205 Å². The molecular weight excluding hydrogens is 452 g/mol. The van der Waals surface area contributed by atoms with Gasteiger partial charge in [-0.25, -0.2) is 8.78 Å². The molecule has 1 aliphatic heterocycles. The number of carbonyl (C=O) groups excluding carboxylic acids is 2. The number of carbonyl (C=O) groups is 2. The lowest BCUT2D eigenvalue weighted by atomic mass is 9.91. The molecule has 3 N–H and O–H groups in total. The molecule has 0 spiro atoms. The summed E-state index contributed by atoms with van der Waals surface area (Å²) in [6.07, 6.45) is 0.662. The molecule has 190 valence electrons. The normalized spacial score (nSPS) is 17.1. The molecule has 0 bridgehead atoms. The number of fused-ring (bicyclic) bond motifs is 1.